The van der Waals surface area contributed by atoms with Gasteiger partial charge in [-0.25, -0.2) is 4.79 Å². The average molecular weight is 315 g/mol. The third-order valence-electron chi connectivity index (χ3n) is 3.70. The van der Waals surface area contributed by atoms with Crippen LogP contribution < -0.4 is 5.56 Å². The number of hydrogen-bond donors (Lipinski definition) is 1. The van der Waals surface area contributed by atoms with Gasteiger partial charge in [-0.2, -0.15) is 0 Å². The first kappa shape index (κ1) is 16.8. The number of ether oxygens (including phenoxy) is 1. The maximum absolute atomic E-state index is 12.9. The van der Waals surface area contributed by atoms with Crippen molar-refractivity contribution >= 4 is 5.97 Å². The van der Waals surface area contributed by atoms with Crippen LogP contribution >= 0.6 is 0 Å². The number of aromatic nitrogens is 1. The number of carbonyl (C=O) groups excluding carboxylic acids is 1. The van der Waals surface area contributed by atoms with Crippen LogP contribution in [0.2, 0.25) is 0 Å². The molecule has 0 spiro atoms. The van der Waals surface area contributed by atoms with Crippen molar-refractivity contribution in [2.45, 2.75) is 33.2 Å². The SMILES string of the molecule is COC(=O)c1c(O)c(C)c(-c2ccccc2)n(C(C)(C)C)c1=O. The van der Waals surface area contributed by atoms with Gasteiger partial charge in [0.25, 0.3) is 5.56 Å². The fourth-order valence-electron chi connectivity index (χ4n) is 2.65. The molecule has 0 bridgehead atoms. The van der Waals surface area contributed by atoms with Crippen molar-refractivity contribution in [3.8, 4) is 17.0 Å². The number of hydrogen-bond acceptors (Lipinski definition) is 4. The highest BCUT2D eigenvalue weighted by atomic mass is 16.5. The molecule has 5 nitrogen and oxygen atoms in total. The summed E-state index contributed by atoms with van der Waals surface area (Å²) in [5.41, 5.74) is 0.373. The van der Waals surface area contributed by atoms with Crippen LogP contribution in [0.15, 0.2) is 35.1 Å². The quantitative estimate of drug-likeness (QED) is 0.865. The summed E-state index contributed by atoms with van der Waals surface area (Å²) in [4.78, 5) is 24.8. The van der Waals surface area contributed by atoms with Gasteiger partial charge < -0.3 is 14.4 Å². The lowest BCUT2D eigenvalue weighted by Gasteiger charge is -2.29. The molecule has 23 heavy (non-hydrogen) atoms. The minimum atomic E-state index is -0.840. The molecular formula is C18H21NO4. The standard InChI is InChI=1S/C18H21NO4/c1-11-14(12-9-7-6-8-10-12)19(18(2,3)4)16(21)13(15(11)20)17(22)23-5/h6-10,20H,1-5H3. The number of aromatic hydroxyl groups is 1. The Morgan fingerprint density at radius 2 is 1.74 bits per heavy atom. The highest BCUT2D eigenvalue weighted by molar-refractivity contribution is 5.93. The molecule has 1 aromatic heterocycles. The molecule has 0 amide bonds. The Balaban J connectivity index is 2.99. The van der Waals surface area contributed by atoms with Crippen LogP contribution in [0.5, 0.6) is 5.75 Å². The van der Waals surface area contributed by atoms with Crippen LogP contribution in [0.25, 0.3) is 11.3 Å². The van der Waals surface area contributed by atoms with Crippen LogP contribution in [-0.4, -0.2) is 22.8 Å². The molecule has 2 aromatic rings. The molecule has 1 heterocycles. The van der Waals surface area contributed by atoms with Crippen LogP contribution in [0.4, 0.5) is 0 Å². The smallest absolute Gasteiger partial charge is 0.347 e. The van der Waals surface area contributed by atoms with E-state index in [0.29, 0.717) is 11.3 Å². The minimum Gasteiger partial charge on any atom is -0.506 e. The largest absolute Gasteiger partial charge is 0.506 e. The van der Waals surface area contributed by atoms with E-state index in [4.69, 9.17) is 0 Å². The highest BCUT2D eigenvalue weighted by Crippen LogP contribution is 2.33. The van der Waals surface area contributed by atoms with E-state index in [0.717, 1.165) is 5.56 Å². The van der Waals surface area contributed by atoms with E-state index >= 15 is 0 Å². The van der Waals surface area contributed by atoms with Crippen LogP contribution in [-0.2, 0) is 10.3 Å². The van der Waals surface area contributed by atoms with Crippen molar-refractivity contribution in [3.63, 3.8) is 0 Å². The van der Waals surface area contributed by atoms with Crippen molar-refractivity contribution in [2.75, 3.05) is 7.11 Å². The van der Waals surface area contributed by atoms with Crippen LogP contribution in [0.3, 0.4) is 0 Å². The van der Waals surface area contributed by atoms with Crippen molar-refractivity contribution in [1.82, 2.24) is 4.57 Å². The van der Waals surface area contributed by atoms with E-state index in [1.54, 1.807) is 6.92 Å². The number of methoxy groups -OCH3 is 1. The monoisotopic (exact) mass is 315 g/mol. The number of pyridine rings is 1. The van der Waals surface area contributed by atoms with E-state index in [1.807, 2.05) is 51.1 Å². The Hall–Kier alpha value is -2.56. The van der Waals surface area contributed by atoms with Crippen molar-refractivity contribution in [3.05, 3.63) is 51.8 Å². The lowest BCUT2D eigenvalue weighted by atomic mass is 9.98. The maximum atomic E-state index is 12.9. The summed E-state index contributed by atoms with van der Waals surface area (Å²) in [6, 6.07) is 9.32. The second-order valence-corrected chi connectivity index (χ2v) is 6.37. The lowest BCUT2D eigenvalue weighted by Crippen LogP contribution is -2.38. The Morgan fingerprint density at radius 3 is 2.22 bits per heavy atom. The fourth-order valence-corrected chi connectivity index (χ4v) is 2.65. The first-order valence-corrected chi connectivity index (χ1v) is 7.33. The molecule has 0 unspecified atom stereocenters. The van der Waals surface area contributed by atoms with Crippen LogP contribution in [0.1, 0.15) is 36.7 Å². The molecular weight excluding hydrogens is 294 g/mol. The van der Waals surface area contributed by atoms with Gasteiger partial charge in [0.15, 0.2) is 5.56 Å². The Kier molecular flexibility index (Phi) is 4.32. The van der Waals surface area contributed by atoms with E-state index in [-0.39, 0.29) is 11.3 Å². The van der Waals surface area contributed by atoms with Gasteiger partial charge in [-0.15, -0.1) is 0 Å². The first-order chi connectivity index (χ1) is 10.7. The summed E-state index contributed by atoms with van der Waals surface area (Å²) in [5, 5.41) is 10.4. The molecule has 2 rings (SSSR count). The number of carbonyl (C=O) groups is 1. The average Bonchev–Trinajstić information content (AvgIpc) is 2.50. The third-order valence-corrected chi connectivity index (χ3v) is 3.70. The molecule has 0 saturated heterocycles. The maximum Gasteiger partial charge on any atom is 0.347 e. The van der Waals surface area contributed by atoms with E-state index in [1.165, 1.54) is 11.7 Å². The molecule has 0 aliphatic rings. The van der Waals surface area contributed by atoms with Gasteiger partial charge in [0, 0.05) is 11.1 Å². The van der Waals surface area contributed by atoms with Gasteiger partial charge >= 0.3 is 5.97 Å². The number of rotatable bonds is 2. The Bertz CT molecular complexity index is 798. The molecule has 122 valence electrons. The second kappa shape index (κ2) is 5.91. The van der Waals surface area contributed by atoms with Gasteiger partial charge in [-0.1, -0.05) is 30.3 Å². The predicted molar refractivity (Wildman–Crippen MR) is 88.9 cm³/mol. The number of esters is 1. The molecule has 5 heteroatoms. The summed E-state index contributed by atoms with van der Waals surface area (Å²) in [5.74, 6) is -1.17. The predicted octanol–water partition coefficient (Wildman–Crippen LogP) is 3.07. The zero-order chi connectivity index (χ0) is 17.4. The zero-order valence-electron chi connectivity index (χ0n) is 14.0. The lowest BCUT2D eigenvalue weighted by molar-refractivity contribution is 0.0593. The summed E-state index contributed by atoms with van der Waals surface area (Å²) < 4.78 is 6.19. The normalized spacial score (nSPS) is 11.3. The summed E-state index contributed by atoms with van der Waals surface area (Å²) >= 11 is 0. The molecule has 1 aromatic carbocycles. The van der Waals surface area contributed by atoms with Gasteiger partial charge in [0.05, 0.1) is 12.8 Å². The van der Waals surface area contributed by atoms with Gasteiger partial charge in [0.1, 0.15) is 5.75 Å². The molecule has 0 saturated carbocycles. The molecule has 0 fully saturated rings. The summed E-state index contributed by atoms with van der Waals surface area (Å²) in [7, 11) is 1.18. The highest BCUT2D eigenvalue weighted by Gasteiger charge is 2.29. The van der Waals surface area contributed by atoms with Crippen molar-refractivity contribution in [2.24, 2.45) is 0 Å². The summed E-state index contributed by atoms with van der Waals surface area (Å²) in [6.07, 6.45) is 0. The number of nitrogens with zero attached hydrogens (tertiary/aromatic N) is 1. The van der Waals surface area contributed by atoms with E-state index < -0.39 is 17.1 Å². The van der Waals surface area contributed by atoms with Gasteiger partial charge in [-0.3, -0.25) is 4.79 Å². The van der Waals surface area contributed by atoms with Crippen molar-refractivity contribution < 1.29 is 14.6 Å². The van der Waals surface area contributed by atoms with E-state index in [2.05, 4.69) is 4.74 Å². The molecule has 0 atom stereocenters. The van der Waals surface area contributed by atoms with Gasteiger partial charge in [-0.05, 0) is 33.3 Å². The van der Waals surface area contributed by atoms with E-state index in [9.17, 15) is 14.7 Å². The topological polar surface area (TPSA) is 68.5 Å². The fraction of sp³-hybridized carbons (Fsp3) is 0.333. The second-order valence-electron chi connectivity index (χ2n) is 6.37. The van der Waals surface area contributed by atoms with Gasteiger partial charge in [0.2, 0.25) is 0 Å². The molecule has 1 N–H and O–H groups in total. The first-order valence-electron chi connectivity index (χ1n) is 7.33. The van der Waals surface area contributed by atoms with Crippen molar-refractivity contribution in [1.29, 1.82) is 0 Å². The molecule has 0 radical (unpaired) electrons. The zero-order valence-corrected chi connectivity index (χ0v) is 14.0. The Labute approximate surface area is 135 Å². The van der Waals surface area contributed by atoms with Crippen LogP contribution in [0, 0.1) is 6.92 Å². The Morgan fingerprint density at radius 1 is 1.17 bits per heavy atom. The molecule has 0 aliphatic carbocycles. The minimum absolute atomic E-state index is 0.332. The summed E-state index contributed by atoms with van der Waals surface area (Å²) in [6.45, 7) is 7.31. The number of benzene rings is 1. The molecule has 0 aliphatic heterocycles. The third kappa shape index (κ3) is 2.86.